The van der Waals surface area contributed by atoms with Gasteiger partial charge in [0.05, 0.1) is 7.11 Å². The minimum atomic E-state index is -0.926. The summed E-state index contributed by atoms with van der Waals surface area (Å²) < 4.78 is 6.73. The van der Waals surface area contributed by atoms with Gasteiger partial charge >= 0.3 is 5.97 Å². The van der Waals surface area contributed by atoms with Crippen LogP contribution in [0.15, 0.2) is 54.6 Å². The van der Waals surface area contributed by atoms with E-state index in [1.807, 2.05) is 66.1 Å². The fraction of sp³-hybridized carbons (Fsp3) is 0.526. The number of methoxy groups -OCH3 is 1. The Bertz CT molecular complexity index is 1490. The van der Waals surface area contributed by atoms with E-state index in [1.54, 1.807) is 4.90 Å². The van der Waals surface area contributed by atoms with E-state index in [9.17, 15) is 19.2 Å². The van der Waals surface area contributed by atoms with Crippen LogP contribution >= 0.6 is 11.6 Å². The SMILES string of the molecule is CCCCCCCCC[C@@H](CC(N)=O)N(CCC)C(=O)[C@H](CCCC(=O)OC)NC(=O)c1cc2ccccc2n1Cc1ccccc1Cl. The highest BCUT2D eigenvalue weighted by Gasteiger charge is 2.32. The third-order valence-corrected chi connectivity index (χ3v) is 9.17. The minimum Gasteiger partial charge on any atom is -0.469 e. The van der Waals surface area contributed by atoms with Crippen LogP contribution in [0.5, 0.6) is 0 Å². The number of halogens is 1. The molecule has 0 fully saturated rings. The van der Waals surface area contributed by atoms with Crippen LogP contribution in [0.1, 0.15) is 113 Å². The van der Waals surface area contributed by atoms with Crippen molar-refractivity contribution in [1.29, 1.82) is 0 Å². The van der Waals surface area contributed by atoms with Crippen molar-refractivity contribution in [2.24, 2.45) is 5.73 Å². The number of carbonyl (C=O) groups excluding carboxylic acids is 4. The zero-order valence-corrected chi connectivity index (χ0v) is 29.6. The van der Waals surface area contributed by atoms with Gasteiger partial charge in [0.2, 0.25) is 11.8 Å². The number of nitrogens with one attached hydrogen (secondary N) is 1. The summed E-state index contributed by atoms with van der Waals surface area (Å²) in [5.41, 5.74) is 7.80. The molecule has 9 nitrogen and oxygen atoms in total. The zero-order valence-electron chi connectivity index (χ0n) is 28.8. The highest BCUT2D eigenvalue weighted by atomic mass is 35.5. The molecule has 2 aromatic carbocycles. The first-order chi connectivity index (χ1) is 23.2. The second-order valence-electron chi connectivity index (χ2n) is 12.5. The van der Waals surface area contributed by atoms with Crippen molar-refractivity contribution in [2.45, 2.75) is 116 Å². The van der Waals surface area contributed by atoms with E-state index in [0.717, 1.165) is 35.7 Å². The number of amides is 3. The molecular weight excluding hydrogens is 628 g/mol. The summed E-state index contributed by atoms with van der Waals surface area (Å²) in [6.45, 7) is 4.95. The van der Waals surface area contributed by atoms with Gasteiger partial charge in [0.25, 0.3) is 5.91 Å². The lowest BCUT2D eigenvalue weighted by molar-refractivity contribution is -0.141. The first kappa shape index (κ1) is 38.6. The Hall–Kier alpha value is -3.85. The molecule has 1 heterocycles. The molecule has 3 N–H and O–H groups in total. The predicted molar refractivity (Wildman–Crippen MR) is 192 cm³/mol. The quantitative estimate of drug-likeness (QED) is 0.0845. The summed E-state index contributed by atoms with van der Waals surface area (Å²) in [5, 5.41) is 4.49. The molecule has 0 aliphatic carbocycles. The average molecular weight is 681 g/mol. The van der Waals surface area contributed by atoms with Crippen molar-refractivity contribution in [3.05, 3.63) is 70.9 Å². The molecule has 1 aromatic heterocycles. The molecule has 3 amide bonds. The van der Waals surface area contributed by atoms with Gasteiger partial charge in [-0.05, 0) is 49.4 Å². The maximum absolute atomic E-state index is 14.4. The Morgan fingerprint density at radius 1 is 0.896 bits per heavy atom. The van der Waals surface area contributed by atoms with Gasteiger partial charge in [-0.1, -0.05) is 107 Å². The van der Waals surface area contributed by atoms with E-state index in [4.69, 9.17) is 22.1 Å². The van der Waals surface area contributed by atoms with E-state index in [0.29, 0.717) is 43.1 Å². The summed E-state index contributed by atoms with van der Waals surface area (Å²) in [6.07, 6.45) is 9.86. The molecule has 0 aliphatic heterocycles. The first-order valence-electron chi connectivity index (χ1n) is 17.5. The van der Waals surface area contributed by atoms with Crippen molar-refractivity contribution in [2.75, 3.05) is 13.7 Å². The second kappa shape index (κ2) is 20.5. The number of nitrogens with zero attached hydrogens (tertiary/aromatic N) is 2. The molecule has 0 aliphatic rings. The fourth-order valence-electron chi connectivity index (χ4n) is 6.26. The van der Waals surface area contributed by atoms with Crippen molar-refractivity contribution in [1.82, 2.24) is 14.8 Å². The molecule has 0 saturated carbocycles. The van der Waals surface area contributed by atoms with E-state index in [2.05, 4.69) is 12.2 Å². The maximum atomic E-state index is 14.4. The Morgan fingerprint density at radius 2 is 1.58 bits per heavy atom. The van der Waals surface area contributed by atoms with Gasteiger partial charge < -0.3 is 25.3 Å². The summed E-state index contributed by atoms with van der Waals surface area (Å²) in [6, 6.07) is 15.7. The number of unbranched alkanes of at least 4 members (excludes halogenated alkanes) is 6. The van der Waals surface area contributed by atoms with Gasteiger partial charge in [0.1, 0.15) is 11.7 Å². The van der Waals surface area contributed by atoms with Crippen LogP contribution in [0.3, 0.4) is 0 Å². The third kappa shape index (κ3) is 11.7. The second-order valence-corrected chi connectivity index (χ2v) is 12.9. The predicted octanol–water partition coefficient (Wildman–Crippen LogP) is 7.41. The lowest BCUT2D eigenvalue weighted by Crippen LogP contribution is -2.53. The normalized spacial score (nSPS) is 12.4. The molecule has 3 rings (SSSR count). The minimum absolute atomic E-state index is 0.0521. The summed E-state index contributed by atoms with van der Waals surface area (Å²) in [7, 11) is 1.33. The van der Waals surface area contributed by atoms with E-state index in [-0.39, 0.29) is 37.2 Å². The van der Waals surface area contributed by atoms with Gasteiger partial charge in [0.15, 0.2) is 0 Å². The zero-order chi connectivity index (χ0) is 34.9. The molecule has 262 valence electrons. The van der Waals surface area contributed by atoms with E-state index >= 15 is 0 Å². The number of aromatic nitrogens is 1. The molecule has 0 saturated heterocycles. The Balaban J connectivity index is 1.90. The van der Waals surface area contributed by atoms with Crippen LogP contribution in [-0.4, -0.2) is 58.9 Å². The number of esters is 1. The number of fused-ring (bicyclic) bond motifs is 1. The van der Waals surface area contributed by atoms with E-state index < -0.39 is 17.9 Å². The van der Waals surface area contributed by atoms with Gasteiger partial charge in [-0.15, -0.1) is 0 Å². The van der Waals surface area contributed by atoms with Gasteiger partial charge in [0, 0.05) is 47.9 Å². The number of hydrogen-bond donors (Lipinski definition) is 2. The molecule has 0 radical (unpaired) electrons. The van der Waals surface area contributed by atoms with Crippen molar-refractivity contribution >= 4 is 46.2 Å². The highest BCUT2D eigenvalue weighted by Crippen LogP contribution is 2.25. The number of ether oxygens (including phenoxy) is 1. The van der Waals surface area contributed by atoms with Crippen LogP contribution in [0, 0.1) is 0 Å². The Labute approximate surface area is 290 Å². The molecule has 0 bridgehead atoms. The standard InChI is InChI=1S/C38H53ClN4O5/c1-4-6-7-8-9-10-11-19-30(26-35(40)44)42(24-5-2)38(47)32(21-16-23-36(45)48-3)41-37(46)34-25-28-17-13-15-22-33(28)43(34)27-29-18-12-14-20-31(29)39/h12-15,17-18,20,22,25,30,32H,4-11,16,19,21,23-24,26-27H2,1-3H3,(H2,40,44)(H,41,46)/t30-,32-/m0/s1. The van der Waals surface area contributed by atoms with Crippen molar-refractivity contribution in [3.63, 3.8) is 0 Å². The maximum Gasteiger partial charge on any atom is 0.305 e. The first-order valence-corrected chi connectivity index (χ1v) is 17.9. The molecule has 48 heavy (non-hydrogen) atoms. The Morgan fingerprint density at radius 3 is 2.27 bits per heavy atom. The van der Waals surface area contributed by atoms with Gasteiger partial charge in [-0.25, -0.2) is 0 Å². The van der Waals surface area contributed by atoms with Crippen LogP contribution in [-0.2, 0) is 25.7 Å². The molecule has 0 spiro atoms. The highest BCUT2D eigenvalue weighted by molar-refractivity contribution is 6.31. The monoisotopic (exact) mass is 680 g/mol. The number of primary amides is 1. The fourth-order valence-corrected chi connectivity index (χ4v) is 6.45. The van der Waals surface area contributed by atoms with Crippen LogP contribution < -0.4 is 11.1 Å². The number of benzene rings is 2. The molecular formula is C38H53ClN4O5. The number of nitrogens with two attached hydrogens (primary N) is 1. The average Bonchev–Trinajstić information content (AvgIpc) is 3.44. The number of rotatable bonds is 22. The van der Waals surface area contributed by atoms with Gasteiger partial charge in [-0.2, -0.15) is 0 Å². The molecule has 0 unspecified atom stereocenters. The van der Waals surface area contributed by atoms with Crippen LogP contribution in [0.4, 0.5) is 0 Å². The lowest BCUT2D eigenvalue weighted by Gasteiger charge is -2.34. The summed E-state index contributed by atoms with van der Waals surface area (Å²) >= 11 is 6.51. The lowest BCUT2D eigenvalue weighted by atomic mass is 9.99. The largest absolute Gasteiger partial charge is 0.469 e. The van der Waals surface area contributed by atoms with Crippen molar-refractivity contribution in [3.8, 4) is 0 Å². The molecule has 10 heteroatoms. The van der Waals surface area contributed by atoms with E-state index in [1.165, 1.54) is 32.8 Å². The number of para-hydroxylation sites is 1. The topological polar surface area (TPSA) is 124 Å². The van der Waals surface area contributed by atoms with Gasteiger partial charge in [-0.3, -0.25) is 19.2 Å². The smallest absolute Gasteiger partial charge is 0.305 e. The van der Waals surface area contributed by atoms with Crippen molar-refractivity contribution < 1.29 is 23.9 Å². The number of hydrogen-bond acceptors (Lipinski definition) is 5. The number of carbonyl (C=O) groups is 4. The third-order valence-electron chi connectivity index (χ3n) is 8.80. The van der Waals surface area contributed by atoms with Crippen LogP contribution in [0.25, 0.3) is 10.9 Å². The molecule has 3 aromatic rings. The Kier molecular flexibility index (Phi) is 16.5. The molecule has 2 atom stereocenters. The van der Waals surface area contributed by atoms with Crippen LogP contribution in [0.2, 0.25) is 5.02 Å². The summed E-state index contributed by atoms with van der Waals surface area (Å²) in [4.78, 5) is 54.4. The summed E-state index contributed by atoms with van der Waals surface area (Å²) in [5.74, 6) is -1.54.